The quantitative estimate of drug-likeness (QED) is 0.488. The third-order valence-corrected chi connectivity index (χ3v) is 3.23. The number of nitrogens with one attached hydrogen (secondary N) is 1. The van der Waals surface area contributed by atoms with Gasteiger partial charge in [-0.15, -0.1) is 0 Å². The molecule has 0 unspecified atom stereocenters. The van der Waals surface area contributed by atoms with Crippen molar-refractivity contribution in [2.75, 3.05) is 20.3 Å². The van der Waals surface area contributed by atoms with Crippen molar-refractivity contribution in [3.8, 4) is 5.75 Å². The molecule has 0 bridgehead atoms. The van der Waals surface area contributed by atoms with Gasteiger partial charge in [0.15, 0.2) is 0 Å². The summed E-state index contributed by atoms with van der Waals surface area (Å²) in [6.45, 7) is 1.95. The van der Waals surface area contributed by atoms with Gasteiger partial charge in [-0.1, -0.05) is 12.1 Å². The van der Waals surface area contributed by atoms with Crippen LogP contribution in [-0.2, 0) is 14.3 Å². The number of benzene rings is 1. The van der Waals surface area contributed by atoms with Gasteiger partial charge in [0.2, 0.25) is 0 Å². The number of carbonyl (C=O) groups is 3. The summed E-state index contributed by atoms with van der Waals surface area (Å²) in [5.41, 5.74) is 0.922. The Bertz CT molecular complexity index is 636. The Kier molecular flexibility index (Phi) is 5.35. The number of methoxy groups -OCH3 is 1. The summed E-state index contributed by atoms with van der Waals surface area (Å²) in [6, 6.07) is 6.51. The zero-order valence-corrected chi connectivity index (χ0v) is 13.0. The second-order valence-electron chi connectivity index (χ2n) is 4.77. The van der Waals surface area contributed by atoms with Gasteiger partial charge < -0.3 is 14.8 Å². The van der Waals surface area contributed by atoms with E-state index in [1.165, 1.54) is 0 Å². The summed E-state index contributed by atoms with van der Waals surface area (Å²) < 4.78 is 9.84. The first-order valence-corrected chi connectivity index (χ1v) is 7.19. The van der Waals surface area contributed by atoms with Gasteiger partial charge in [-0.2, -0.15) is 0 Å². The number of carbonyl (C=O) groups excluding carboxylic acids is 3. The minimum absolute atomic E-state index is 0.0105. The van der Waals surface area contributed by atoms with Crippen molar-refractivity contribution in [1.82, 2.24) is 10.2 Å². The van der Waals surface area contributed by atoms with Crippen molar-refractivity contribution in [1.29, 1.82) is 0 Å². The number of ether oxygens (including phenoxy) is 2. The Hall–Kier alpha value is -2.83. The molecule has 7 nitrogen and oxygen atoms in total. The molecule has 1 fully saturated rings. The third-order valence-electron chi connectivity index (χ3n) is 3.23. The van der Waals surface area contributed by atoms with Gasteiger partial charge in [-0.05, 0) is 30.7 Å². The molecule has 0 aliphatic carbocycles. The molecular formula is C16H18N2O5. The van der Waals surface area contributed by atoms with Crippen LogP contribution in [0.25, 0.3) is 6.08 Å². The van der Waals surface area contributed by atoms with Crippen LogP contribution >= 0.6 is 0 Å². The highest BCUT2D eigenvalue weighted by molar-refractivity contribution is 6.14. The molecule has 23 heavy (non-hydrogen) atoms. The molecule has 0 aromatic heterocycles. The van der Waals surface area contributed by atoms with Gasteiger partial charge in [0, 0.05) is 6.54 Å². The summed E-state index contributed by atoms with van der Waals surface area (Å²) in [4.78, 5) is 36.4. The number of hydrogen-bond acceptors (Lipinski definition) is 5. The minimum Gasteiger partial charge on any atom is -0.497 e. The number of nitrogens with zero attached hydrogens (tertiary/aromatic N) is 1. The molecule has 3 amide bonds. The molecule has 1 aliphatic rings. The molecule has 1 heterocycles. The zero-order chi connectivity index (χ0) is 16.8. The van der Waals surface area contributed by atoms with E-state index in [2.05, 4.69) is 5.32 Å². The molecular weight excluding hydrogens is 300 g/mol. The van der Waals surface area contributed by atoms with Gasteiger partial charge in [-0.25, -0.2) is 4.79 Å². The Morgan fingerprint density at radius 2 is 1.96 bits per heavy atom. The summed E-state index contributed by atoms with van der Waals surface area (Å²) >= 11 is 0. The van der Waals surface area contributed by atoms with E-state index in [-0.39, 0.29) is 25.3 Å². The van der Waals surface area contributed by atoms with Crippen LogP contribution in [0.5, 0.6) is 5.75 Å². The summed E-state index contributed by atoms with van der Waals surface area (Å²) in [5.74, 6) is -0.208. The monoisotopic (exact) mass is 318 g/mol. The van der Waals surface area contributed by atoms with E-state index < -0.39 is 17.9 Å². The lowest BCUT2D eigenvalue weighted by Gasteiger charge is -2.10. The molecule has 122 valence electrons. The van der Waals surface area contributed by atoms with Gasteiger partial charge in [0.05, 0.1) is 20.1 Å². The Morgan fingerprint density at radius 3 is 2.57 bits per heavy atom. The molecule has 1 aromatic carbocycles. The lowest BCUT2D eigenvalue weighted by Crippen LogP contribution is -2.33. The highest BCUT2D eigenvalue weighted by atomic mass is 16.5. The topological polar surface area (TPSA) is 84.9 Å². The summed E-state index contributed by atoms with van der Waals surface area (Å²) in [6.07, 6.45) is 1.55. The van der Waals surface area contributed by atoms with Crippen LogP contribution in [0.3, 0.4) is 0 Å². The maximum atomic E-state index is 12.2. The SMILES string of the molecule is CCOC(=O)CCN1C(=O)N/C(=C/c2ccc(OC)cc2)C1=O. The van der Waals surface area contributed by atoms with Crippen LogP contribution in [0.1, 0.15) is 18.9 Å². The van der Waals surface area contributed by atoms with Gasteiger partial charge in [0.1, 0.15) is 11.4 Å². The molecule has 0 saturated carbocycles. The normalized spacial score (nSPS) is 15.7. The Balaban J connectivity index is 2.04. The molecule has 1 N–H and O–H groups in total. The predicted octanol–water partition coefficient (Wildman–Crippen LogP) is 1.54. The van der Waals surface area contributed by atoms with Gasteiger partial charge in [0.25, 0.3) is 5.91 Å². The number of hydrogen-bond donors (Lipinski definition) is 1. The molecule has 2 rings (SSSR count). The van der Waals surface area contributed by atoms with E-state index in [0.29, 0.717) is 5.75 Å². The van der Waals surface area contributed by atoms with Crippen molar-refractivity contribution in [3.05, 3.63) is 35.5 Å². The Labute approximate surface area is 133 Å². The van der Waals surface area contributed by atoms with Crippen molar-refractivity contribution in [3.63, 3.8) is 0 Å². The molecule has 0 spiro atoms. The van der Waals surface area contributed by atoms with Gasteiger partial charge in [-0.3, -0.25) is 14.5 Å². The fourth-order valence-corrected chi connectivity index (χ4v) is 2.08. The molecule has 1 saturated heterocycles. The number of rotatable bonds is 6. The van der Waals surface area contributed by atoms with Crippen LogP contribution < -0.4 is 10.1 Å². The van der Waals surface area contributed by atoms with E-state index in [1.807, 2.05) is 0 Å². The first-order chi connectivity index (χ1) is 11.0. The van der Waals surface area contributed by atoms with Crippen LogP contribution in [0, 0.1) is 0 Å². The minimum atomic E-state index is -0.543. The molecule has 7 heteroatoms. The maximum absolute atomic E-state index is 12.2. The number of amides is 3. The first kappa shape index (κ1) is 16.5. The van der Waals surface area contributed by atoms with E-state index in [1.54, 1.807) is 44.4 Å². The lowest BCUT2D eigenvalue weighted by molar-refractivity contribution is -0.143. The van der Waals surface area contributed by atoms with Crippen LogP contribution in [-0.4, -0.2) is 43.1 Å². The average molecular weight is 318 g/mol. The van der Waals surface area contributed by atoms with E-state index in [0.717, 1.165) is 10.5 Å². The maximum Gasteiger partial charge on any atom is 0.329 e. The third kappa shape index (κ3) is 4.09. The molecule has 0 radical (unpaired) electrons. The molecule has 0 atom stereocenters. The highest BCUT2D eigenvalue weighted by Crippen LogP contribution is 2.17. The lowest BCUT2D eigenvalue weighted by atomic mass is 10.2. The smallest absolute Gasteiger partial charge is 0.329 e. The molecule has 1 aliphatic heterocycles. The average Bonchev–Trinajstić information content (AvgIpc) is 2.80. The van der Waals surface area contributed by atoms with Crippen molar-refractivity contribution in [2.45, 2.75) is 13.3 Å². The van der Waals surface area contributed by atoms with E-state index in [9.17, 15) is 14.4 Å². The highest BCUT2D eigenvalue weighted by Gasteiger charge is 2.33. The number of urea groups is 1. The van der Waals surface area contributed by atoms with Gasteiger partial charge >= 0.3 is 12.0 Å². The van der Waals surface area contributed by atoms with Crippen molar-refractivity contribution < 1.29 is 23.9 Å². The first-order valence-electron chi connectivity index (χ1n) is 7.19. The fourth-order valence-electron chi connectivity index (χ4n) is 2.08. The van der Waals surface area contributed by atoms with E-state index >= 15 is 0 Å². The van der Waals surface area contributed by atoms with E-state index in [4.69, 9.17) is 9.47 Å². The fraction of sp³-hybridized carbons (Fsp3) is 0.312. The second kappa shape index (κ2) is 7.44. The largest absolute Gasteiger partial charge is 0.497 e. The van der Waals surface area contributed by atoms with Crippen molar-refractivity contribution in [2.24, 2.45) is 0 Å². The van der Waals surface area contributed by atoms with Crippen molar-refractivity contribution >= 4 is 24.0 Å². The summed E-state index contributed by atoms with van der Waals surface area (Å²) in [5, 5.41) is 2.50. The zero-order valence-electron chi connectivity index (χ0n) is 13.0. The summed E-state index contributed by atoms with van der Waals surface area (Å²) in [7, 11) is 1.57. The molecule has 1 aromatic rings. The van der Waals surface area contributed by atoms with Crippen LogP contribution in [0.15, 0.2) is 30.0 Å². The Morgan fingerprint density at radius 1 is 1.26 bits per heavy atom. The predicted molar refractivity (Wildman–Crippen MR) is 82.5 cm³/mol. The number of esters is 1. The number of imide groups is 1. The van der Waals surface area contributed by atoms with Crippen LogP contribution in [0.4, 0.5) is 4.79 Å². The second-order valence-corrected chi connectivity index (χ2v) is 4.77. The standard InChI is InChI=1S/C16H18N2O5/c1-3-23-14(19)8-9-18-15(20)13(17-16(18)21)10-11-4-6-12(22-2)7-5-11/h4-7,10H,3,8-9H2,1-2H3,(H,17,21)/b13-10+. The van der Waals surface area contributed by atoms with Crippen LogP contribution in [0.2, 0.25) is 0 Å².